The average Bonchev–Trinajstić information content (AvgIpc) is 2.38. The summed E-state index contributed by atoms with van der Waals surface area (Å²) >= 11 is 0. The standard InChI is InChI=1S/C17H22/c1-14(2)11-12-15-7-6-10-17(13-15)16-8-4-3-5-9-16/h4,6-10,13-14H,3,5,11-12H2,1-2H3. The van der Waals surface area contributed by atoms with E-state index in [0.29, 0.717) is 0 Å². The van der Waals surface area contributed by atoms with Crippen LogP contribution in [0.1, 0.15) is 44.2 Å². The topological polar surface area (TPSA) is 0 Å². The Balaban J connectivity index is 2.11. The molecule has 0 atom stereocenters. The van der Waals surface area contributed by atoms with Crippen LogP contribution in [0, 0.1) is 5.92 Å². The molecule has 0 fully saturated rings. The molecule has 1 aromatic rings. The fourth-order valence-corrected chi connectivity index (χ4v) is 2.19. The molecule has 0 amide bonds. The van der Waals surface area contributed by atoms with Crippen LogP contribution in [0.25, 0.3) is 5.57 Å². The van der Waals surface area contributed by atoms with Gasteiger partial charge in [0.1, 0.15) is 0 Å². The molecule has 1 aliphatic carbocycles. The Bertz CT molecular complexity index is 421. The quantitative estimate of drug-likeness (QED) is 0.677. The van der Waals surface area contributed by atoms with Gasteiger partial charge in [-0.2, -0.15) is 0 Å². The van der Waals surface area contributed by atoms with Crippen LogP contribution in [0.4, 0.5) is 0 Å². The zero-order chi connectivity index (χ0) is 12.1. The van der Waals surface area contributed by atoms with Crippen molar-refractivity contribution in [1.82, 2.24) is 0 Å². The van der Waals surface area contributed by atoms with E-state index in [-0.39, 0.29) is 0 Å². The van der Waals surface area contributed by atoms with Gasteiger partial charge in [0.2, 0.25) is 0 Å². The fourth-order valence-electron chi connectivity index (χ4n) is 2.19. The highest BCUT2D eigenvalue weighted by molar-refractivity contribution is 5.75. The molecule has 0 nitrogen and oxygen atoms in total. The molecule has 1 aromatic carbocycles. The number of benzene rings is 1. The Morgan fingerprint density at radius 1 is 1.18 bits per heavy atom. The highest BCUT2D eigenvalue weighted by Crippen LogP contribution is 2.22. The first-order valence-electron chi connectivity index (χ1n) is 6.72. The SMILES string of the molecule is CC(C)CCc1cccc(C2=CCCC=C2)c1. The second-order valence-electron chi connectivity index (χ2n) is 5.27. The summed E-state index contributed by atoms with van der Waals surface area (Å²) in [7, 11) is 0. The van der Waals surface area contributed by atoms with Crippen LogP contribution in [0.3, 0.4) is 0 Å². The van der Waals surface area contributed by atoms with Gasteiger partial charge >= 0.3 is 0 Å². The Labute approximate surface area is 105 Å². The molecule has 0 aromatic heterocycles. The number of hydrogen-bond acceptors (Lipinski definition) is 0. The zero-order valence-electron chi connectivity index (χ0n) is 10.9. The molecule has 0 saturated heterocycles. The van der Waals surface area contributed by atoms with E-state index in [0.717, 1.165) is 5.92 Å². The van der Waals surface area contributed by atoms with Gasteiger partial charge in [0.25, 0.3) is 0 Å². The average molecular weight is 226 g/mol. The number of hydrogen-bond donors (Lipinski definition) is 0. The minimum absolute atomic E-state index is 0.785. The van der Waals surface area contributed by atoms with Gasteiger partial charge in [-0.1, -0.05) is 56.3 Å². The van der Waals surface area contributed by atoms with Crippen LogP contribution in [0.2, 0.25) is 0 Å². The molecule has 2 rings (SSSR count). The van der Waals surface area contributed by atoms with Crippen molar-refractivity contribution in [3.63, 3.8) is 0 Å². The number of aryl methyl sites for hydroxylation is 1. The zero-order valence-corrected chi connectivity index (χ0v) is 10.9. The summed E-state index contributed by atoms with van der Waals surface area (Å²) in [4.78, 5) is 0. The first-order valence-corrected chi connectivity index (χ1v) is 6.72. The summed E-state index contributed by atoms with van der Waals surface area (Å²) in [6, 6.07) is 9.01. The molecular formula is C17H22. The van der Waals surface area contributed by atoms with Gasteiger partial charge in [-0.05, 0) is 48.3 Å². The third-order valence-electron chi connectivity index (χ3n) is 3.27. The fraction of sp³-hybridized carbons (Fsp3) is 0.412. The van der Waals surface area contributed by atoms with Gasteiger partial charge in [0.15, 0.2) is 0 Å². The molecule has 0 aliphatic heterocycles. The minimum atomic E-state index is 0.785. The molecule has 0 radical (unpaired) electrons. The highest BCUT2D eigenvalue weighted by atomic mass is 14.1. The maximum atomic E-state index is 2.35. The van der Waals surface area contributed by atoms with Crippen molar-refractivity contribution >= 4 is 5.57 Å². The third kappa shape index (κ3) is 3.59. The van der Waals surface area contributed by atoms with Gasteiger partial charge in [-0.15, -0.1) is 0 Å². The second kappa shape index (κ2) is 5.86. The van der Waals surface area contributed by atoms with E-state index in [1.54, 1.807) is 0 Å². The van der Waals surface area contributed by atoms with Crippen molar-refractivity contribution in [2.75, 3.05) is 0 Å². The lowest BCUT2D eigenvalue weighted by molar-refractivity contribution is 0.586. The Morgan fingerprint density at radius 2 is 2.06 bits per heavy atom. The van der Waals surface area contributed by atoms with Crippen LogP contribution in [0.5, 0.6) is 0 Å². The van der Waals surface area contributed by atoms with Gasteiger partial charge in [0.05, 0.1) is 0 Å². The molecule has 0 heterocycles. The summed E-state index contributed by atoms with van der Waals surface area (Å²) in [5.74, 6) is 0.785. The minimum Gasteiger partial charge on any atom is -0.0836 e. The largest absolute Gasteiger partial charge is 0.0836 e. The molecule has 17 heavy (non-hydrogen) atoms. The van der Waals surface area contributed by atoms with Crippen molar-refractivity contribution in [3.8, 4) is 0 Å². The molecule has 1 aliphatic rings. The predicted molar refractivity (Wildman–Crippen MR) is 76.0 cm³/mol. The lowest BCUT2D eigenvalue weighted by Gasteiger charge is -2.10. The van der Waals surface area contributed by atoms with Gasteiger partial charge in [-0.3, -0.25) is 0 Å². The van der Waals surface area contributed by atoms with Crippen molar-refractivity contribution in [1.29, 1.82) is 0 Å². The lowest BCUT2D eigenvalue weighted by atomic mass is 9.96. The molecule has 0 unspecified atom stereocenters. The Morgan fingerprint density at radius 3 is 2.76 bits per heavy atom. The molecular weight excluding hydrogens is 204 g/mol. The lowest BCUT2D eigenvalue weighted by Crippen LogP contribution is -1.93. The van der Waals surface area contributed by atoms with Crippen molar-refractivity contribution in [2.45, 2.75) is 39.5 Å². The maximum absolute atomic E-state index is 2.35. The van der Waals surface area contributed by atoms with Gasteiger partial charge < -0.3 is 0 Å². The smallest absolute Gasteiger partial charge is 0.0185 e. The molecule has 0 N–H and O–H groups in total. The van der Waals surface area contributed by atoms with E-state index in [4.69, 9.17) is 0 Å². The number of rotatable bonds is 4. The summed E-state index contributed by atoms with van der Waals surface area (Å²) in [5, 5.41) is 0. The van der Waals surface area contributed by atoms with Crippen molar-refractivity contribution in [3.05, 3.63) is 53.6 Å². The first kappa shape index (κ1) is 12.2. The van der Waals surface area contributed by atoms with Crippen LogP contribution in [-0.4, -0.2) is 0 Å². The van der Waals surface area contributed by atoms with Crippen LogP contribution in [-0.2, 0) is 6.42 Å². The maximum Gasteiger partial charge on any atom is -0.0185 e. The Hall–Kier alpha value is -1.30. The normalized spacial score (nSPS) is 15.1. The van der Waals surface area contributed by atoms with Crippen LogP contribution >= 0.6 is 0 Å². The second-order valence-corrected chi connectivity index (χ2v) is 5.27. The van der Waals surface area contributed by atoms with E-state index in [2.05, 4.69) is 56.3 Å². The third-order valence-corrected chi connectivity index (χ3v) is 3.27. The van der Waals surface area contributed by atoms with E-state index < -0.39 is 0 Å². The predicted octanol–water partition coefficient (Wildman–Crippen LogP) is 5.01. The van der Waals surface area contributed by atoms with Crippen molar-refractivity contribution < 1.29 is 0 Å². The van der Waals surface area contributed by atoms with Crippen LogP contribution in [0.15, 0.2) is 42.5 Å². The Kier molecular flexibility index (Phi) is 4.19. The molecule has 90 valence electrons. The van der Waals surface area contributed by atoms with E-state index in [1.165, 1.54) is 42.4 Å². The highest BCUT2D eigenvalue weighted by Gasteiger charge is 2.03. The van der Waals surface area contributed by atoms with E-state index in [9.17, 15) is 0 Å². The van der Waals surface area contributed by atoms with Gasteiger partial charge in [0, 0.05) is 0 Å². The monoisotopic (exact) mass is 226 g/mol. The molecule has 0 heteroatoms. The summed E-state index contributed by atoms with van der Waals surface area (Å²) in [6.07, 6.45) is 11.7. The molecule has 0 spiro atoms. The van der Waals surface area contributed by atoms with Crippen LogP contribution < -0.4 is 0 Å². The summed E-state index contributed by atoms with van der Waals surface area (Å²) in [6.45, 7) is 4.58. The van der Waals surface area contributed by atoms with E-state index in [1.807, 2.05) is 0 Å². The number of allylic oxidation sites excluding steroid dienone is 4. The van der Waals surface area contributed by atoms with E-state index >= 15 is 0 Å². The van der Waals surface area contributed by atoms with Gasteiger partial charge in [-0.25, -0.2) is 0 Å². The molecule has 0 saturated carbocycles. The first-order chi connectivity index (χ1) is 8.25. The molecule has 0 bridgehead atoms. The summed E-state index contributed by atoms with van der Waals surface area (Å²) in [5.41, 5.74) is 4.24. The summed E-state index contributed by atoms with van der Waals surface area (Å²) < 4.78 is 0. The van der Waals surface area contributed by atoms with Crippen molar-refractivity contribution in [2.24, 2.45) is 5.92 Å².